The van der Waals surface area contributed by atoms with E-state index in [-0.39, 0.29) is 11.3 Å². The van der Waals surface area contributed by atoms with Gasteiger partial charge in [-0.3, -0.25) is 9.78 Å². The monoisotopic (exact) mass is 277 g/mol. The van der Waals surface area contributed by atoms with Crippen LogP contribution in [0.25, 0.3) is 0 Å². The molecule has 0 saturated carbocycles. The van der Waals surface area contributed by atoms with Crippen molar-refractivity contribution < 1.29 is 13.6 Å². The Morgan fingerprint density at radius 3 is 2.70 bits per heavy atom. The number of aromatic nitrogens is 1. The number of anilines is 2. The van der Waals surface area contributed by atoms with E-state index in [4.69, 9.17) is 0 Å². The Kier molecular flexibility index (Phi) is 3.93. The van der Waals surface area contributed by atoms with Gasteiger partial charge in [0.25, 0.3) is 5.91 Å². The summed E-state index contributed by atoms with van der Waals surface area (Å²) in [5.41, 5.74) is 0.526. The maximum absolute atomic E-state index is 13.8. The molecule has 0 saturated heterocycles. The molecule has 1 amide bonds. The van der Waals surface area contributed by atoms with Crippen LogP contribution in [-0.4, -0.2) is 17.9 Å². The Balaban J connectivity index is 2.30. The van der Waals surface area contributed by atoms with Crippen molar-refractivity contribution in [2.75, 3.05) is 17.7 Å². The number of hydrogen-bond acceptors (Lipinski definition) is 3. The van der Waals surface area contributed by atoms with Gasteiger partial charge in [0.15, 0.2) is 5.82 Å². The lowest BCUT2D eigenvalue weighted by atomic mass is 10.2. The van der Waals surface area contributed by atoms with E-state index in [2.05, 4.69) is 15.6 Å². The molecule has 0 aliphatic rings. The maximum atomic E-state index is 13.8. The summed E-state index contributed by atoms with van der Waals surface area (Å²) < 4.78 is 27.4. The zero-order valence-electron chi connectivity index (χ0n) is 11.0. The molecule has 1 heterocycles. The summed E-state index contributed by atoms with van der Waals surface area (Å²) in [5, 5.41) is 5.06. The van der Waals surface area contributed by atoms with E-state index in [9.17, 15) is 13.6 Å². The van der Waals surface area contributed by atoms with Crippen LogP contribution in [0.4, 0.5) is 20.2 Å². The Morgan fingerprint density at radius 2 is 2.00 bits per heavy atom. The number of amides is 1. The van der Waals surface area contributed by atoms with Crippen molar-refractivity contribution in [3.8, 4) is 0 Å². The highest BCUT2D eigenvalue weighted by atomic mass is 19.1. The van der Waals surface area contributed by atoms with Gasteiger partial charge in [0.1, 0.15) is 17.2 Å². The average Bonchev–Trinajstić information content (AvgIpc) is 2.47. The van der Waals surface area contributed by atoms with E-state index in [1.165, 1.54) is 25.3 Å². The molecule has 0 radical (unpaired) electrons. The molecule has 0 atom stereocenters. The summed E-state index contributed by atoms with van der Waals surface area (Å²) in [4.78, 5) is 15.8. The summed E-state index contributed by atoms with van der Waals surface area (Å²) in [6.45, 7) is 1.49. The Morgan fingerprint density at radius 1 is 1.25 bits per heavy atom. The largest absolute Gasteiger partial charge is 0.388 e. The molecule has 6 heteroatoms. The number of nitrogens with zero attached hydrogens (tertiary/aromatic N) is 1. The second-order valence-corrected chi connectivity index (χ2v) is 4.19. The molecule has 0 aliphatic carbocycles. The normalized spacial score (nSPS) is 10.2. The molecule has 1 aromatic heterocycles. The predicted octanol–water partition coefficient (Wildman–Crippen LogP) is 2.96. The Hall–Kier alpha value is -2.50. The molecule has 0 aliphatic heterocycles. The van der Waals surface area contributed by atoms with Gasteiger partial charge in [0.2, 0.25) is 0 Å². The van der Waals surface area contributed by atoms with Crippen molar-refractivity contribution in [3.63, 3.8) is 0 Å². The standard InChI is InChI=1S/C14H13F2N3O/c1-8-3-4-10(15)13(12(8)16)19-14(20)11-7-9(17-2)5-6-18-11/h3-7H,1-2H3,(H,17,18)(H,19,20). The highest BCUT2D eigenvalue weighted by Gasteiger charge is 2.16. The molecule has 0 spiro atoms. The number of nitrogens with one attached hydrogen (secondary N) is 2. The Labute approximate surface area is 114 Å². The quantitative estimate of drug-likeness (QED) is 0.907. The fourth-order valence-electron chi connectivity index (χ4n) is 1.66. The van der Waals surface area contributed by atoms with Crippen molar-refractivity contribution in [1.29, 1.82) is 0 Å². The third-order valence-electron chi connectivity index (χ3n) is 2.80. The number of hydrogen-bond donors (Lipinski definition) is 2. The number of carbonyl (C=O) groups is 1. The van der Waals surface area contributed by atoms with Gasteiger partial charge in [-0.05, 0) is 30.7 Å². The number of pyridine rings is 1. The van der Waals surface area contributed by atoms with Crippen molar-refractivity contribution in [1.82, 2.24) is 4.98 Å². The van der Waals surface area contributed by atoms with Gasteiger partial charge < -0.3 is 10.6 Å². The first-order valence-corrected chi connectivity index (χ1v) is 5.92. The Bertz CT molecular complexity index is 659. The minimum Gasteiger partial charge on any atom is -0.388 e. The number of benzene rings is 1. The zero-order valence-corrected chi connectivity index (χ0v) is 11.0. The number of aryl methyl sites for hydroxylation is 1. The van der Waals surface area contributed by atoms with Gasteiger partial charge in [0, 0.05) is 18.9 Å². The van der Waals surface area contributed by atoms with Gasteiger partial charge in [-0.25, -0.2) is 8.78 Å². The zero-order chi connectivity index (χ0) is 14.7. The van der Waals surface area contributed by atoms with Crippen LogP contribution in [0.2, 0.25) is 0 Å². The molecule has 4 nitrogen and oxygen atoms in total. The molecule has 20 heavy (non-hydrogen) atoms. The summed E-state index contributed by atoms with van der Waals surface area (Å²) in [6, 6.07) is 5.57. The van der Waals surface area contributed by atoms with E-state index in [0.29, 0.717) is 5.69 Å². The van der Waals surface area contributed by atoms with Gasteiger partial charge in [-0.15, -0.1) is 0 Å². The van der Waals surface area contributed by atoms with E-state index < -0.39 is 23.2 Å². The smallest absolute Gasteiger partial charge is 0.274 e. The second-order valence-electron chi connectivity index (χ2n) is 4.19. The van der Waals surface area contributed by atoms with Gasteiger partial charge in [-0.2, -0.15) is 0 Å². The first-order valence-electron chi connectivity index (χ1n) is 5.92. The lowest BCUT2D eigenvalue weighted by molar-refractivity contribution is 0.102. The van der Waals surface area contributed by atoms with Crippen molar-refractivity contribution in [2.45, 2.75) is 6.92 Å². The lowest BCUT2D eigenvalue weighted by Crippen LogP contribution is -2.16. The molecular formula is C14H13F2N3O. The predicted molar refractivity (Wildman–Crippen MR) is 72.8 cm³/mol. The fourth-order valence-corrected chi connectivity index (χ4v) is 1.66. The summed E-state index contributed by atoms with van der Waals surface area (Å²) in [5.74, 6) is -2.29. The van der Waals surface area contributed by atoms with Crippen molar-refractivity contribution in [2.24, 2.45) is 0 Å². The minimum atomic E-state index is -0.828. The van der Waals surface area contributed by atoms with Gasteiger partial charge >= 0.3 is 0 Å². The highest BCUT2D eigenvalue weighted by Crippen LogP contribution is 2.22. The SMILES string of the molecule is CNc1ccnc(C(=O)Nc2c(F)ccc(C)c2F)c1. The van der Waals surface area contributed by atoms with E-state index in [1.54, 1.807) is 13.1 Å². The van der Waals surface area contributed by atoms with E-state index >= 15 is 0 Å². The molecule has 1 aromatic carbocycles. The summed E-state index contributed by atoms with van der Waals surface area (Å²) in [6.07, 6.45) is 1.43. The highest BCUT2D eigenvalue weighted by molar-refractivity contribution is 6.03. The number of carbonyl (C=O) groups excluding carboxylic acids is 1. The molecule has 0 bridgehead atoms. The molecule has 2 rings (SSSR count). The number of rotatable bonds is 3. The fraction of sp³-hybridized carbons (Fsp3) is 0.143. The van der Waals surface area contributed by atoms with Crippen LogP contribution >= 0.6 is 0 Å². The minimum absolute atomic E-state index is 0.0668. The molecule has 0 fully saturated rings. The van der Waals surface area contributed by atoms with Crippen LogP contribution in [0.5, 0.6) is 0 Å². The van der Waals surface area contributed by atoms with Crippen molar-refractivity contribution in [3.05, 3.63) is 53.4 Å². The van der Waals surface area contributed by atoms with Crippen LogP contribution in [0.1, 0.15) is 16.1 Å². The molecule has 104 valence electrons. The molecule has 2 N–H and O–H groups in total. The topological polar surface area (TPSA) is 54.0 Å². The van der Waals surface area contributed by atoms with Crippen LogP contribution in [0.15, 0.2) is 30.5 Å². The van der Waals surface area contributed by atoms with Gasteiger partial charge in [-0.1, -0.05) is 6.07 Å². The summed E-state index contributed by atoms with van der Waals surface area (Å²) >= 11 is 0. The third-order valence-corrected chi connectivity index (χ3v) is 2.80. The van der Waals surface area contributed by atoms with Crippen LogP contribution in [0, 0.1) is 18.6 Å². The molecular weight excluding hydrogens is 264 g/mol. The average molecular weight is 277 g/mol. The first kappa shape index (κ1) is 13.9. The molecule has 2 aromatic rings. The van der Waals surface area contributed by atoms with Crippen LogP contribution in [-0.2, 0) is 0 Å². The lowest BCUT2D eigenvalue weighted by Gasteiger charge is -2.09. The summed E-state index contributed by atoms with van der Waals surface area (Å²) in [7, 11) is 1.69. The van der Waals surface area contributed by atoms with E-state index in [1.807, 2.05) is 0 Å². The maximum Gasteiger partial charge on any atom is 0.274 e. The third kappa shape index (κ3) is 2.74. The number of halogens is 2. The van der Waals surface area contributed by atoms with Crippen LogP contribution in [0.3, 0.4) is 0 Å². The van der Waals surface area contributed by atoms with Crippen LogP contribution < -0.4 is 10.6 Å². The van der Waals surface area contributed by atoms with Gasteiger partial charge in [0.05, 0.1) is 0 Å². The van der Waals surface area contributed by atoms with Crippen molar-refractivity contribution >= 4 is 17.3 Å². The second kappa shape index (κ2) is 5.64. The van der Waals surface area contributed by atoms with E-state index in [0.717, 1.165) is 6.07 Å². The molecule has 0 unspecified atom stereocenters. The first-order chi connectivity index (χ1) is 9.52.